The third-order valence-electron chi connectivity index (χ3n) is 6.37. The average molecular weight is 442 g/mol. The molecule has 172 valence electrons. The van der Waals surface area contributed by atoms with E-state index in [1.165, 1.54) is 22.3 Å². The van der Waals surface area contributed by atoms with Crippen molar-refractivity contribution in [3.8, 4) is 0 Å². The highest BCUT2D eigenvalue weighted by Crippen LogP contribution is 2.37. The molecule has 1 atom stereocenters. The molecule has 0 heterocycles. The largest absolute Gasteiger partial charge is 0.272 e. The second-order valence-corrected chi connectivity index (χ2v) is 10.1. The van der Waals surface area contributed by atoms with Gasteiger partial charge in [-0.1, -0.05) is 99.6 Å². The van der Waals surface area contributed by atoms with Crippen molar-refractivity contribution in [3.63, 3.8) is 0 Å². The number of carbonyl (C=O) groups excluding carboxylic acids is 1. The summed E-state index contributed by atoms with van der Waals surface area (Å²) in [6, 6.07) is 27.5. The lowest BCUT2D eigenvalue weighted by molar-refractivity contribution is -0.216. The summed E-state index contributed by atoms with van der Waals surface area (Å²) in [5.74, 6) is 0.0319. The Morgan fingerprint density at radius 2 is 1.52 bits per heavy atom. The topological polar surface area (TPSA) is 29.5 Å². The predicted molar refractivity (Wildman–Crippen MR) is 134 cm³/mol. The Morgan fingerprint density at radius 1 is 0.879 bits per heavy atom. The van der Waals surface area contributed by atoms with Crippen LogP contribution in [-0.4, -0.2) is 11.0 Å². The summed E-state index contributed by atoms with van der Waals surface area (Å²) in [4.78, 5) is 19.7. The summed E-state index contributed by atoms with van der Waals surface area (Å²) in [7, 11) is 0. The summed E-state index contributed by atoms with van der Waals surface area (Å²) in [5.41, 5.74) is 5.87. The minimum Gasteiger partial charge on any atom is -0.272 e. The number of hydrogen-bond acceptors (Lipinski definition) is 2. The van der Waals surface area contributed by atoms with Crippen LogP contribution < -0.4 is 0 Å². The van der Waals surface area contributed by atoms with Crippen LogP contribution >= 0.6 is 0 Å². The van der Waals surface area contributed by atoms with Crippen LogP contribution in [0.25, 0.3) is 0 Å². The van der Waals surface area contributed by atoms with Crippen LogP contribution in [0.5, 0.6) is 0 Å². The van der Waals surface area contributed by atoms with E-state index >= 15 is 0 Å². The van der Waals surface area contributed by atoms with Gasteiger partial charge in [0.1, 0.15) is 6.61 Å². The summed E-state index contributed by atoms with van der Waals surface area (Å²) >= 11 is 0. The molecular weight excluding hydrogens is 406 g/mol. The van der Waals surface area contributed by atoms with Gasteiger partial charge in [0.25, 0.3) is 5.91 Å². The number of hydroxylamine groups is 2. The van der Waals surface area contributed by atoms with Gasteiger partial charge in [-0.15, -0.1) is 0 Å². The van der Waals surface area contributed by atoms with Gasteiger partial charge >= 0.3 is 0 Å². The molecule has 0 radical (unpaired) electrons. The number of nitrogens with zero attached hydrogens (tertiary/aromatic N) is 1. The van der Waals surface area contributed by atoms with E-state index in [-0.39, 0.29) is 11.9 Å². The first-order chi connectivity index (χ1) is 15.9. The van der Waals surface area contributed by atoms with Crippen LogP contribution in [0.15, 0.2) is 78.9 Å². The van der Waals surface area contributed by atoms with Crippen molar-refractivity contribution >= 4 is 5.91 Å². The fourth-order valence-corrected chi connectivity index (χ4v) is 4.51. The van der Waals surface area contributed by atoms with E-state index in [1.807, 2.05) is 51.1 Å². The van der Waals surface area contributed by atoms with Gasteiger partial charge < -0.3 is 0 Å². The van der Waals surface area contributed by atoms with Crippen molar-refractivity contribution in [1.82, 2.24) is 5.06 Å². The van der Waals surface area contributed by atoms with Crippen LogP contribution in [0.4, 0.5) is 0 Å². The number of carbonyl (C=O) groups is 1. The minimum atomic E-state index is -0.510. The molecule has 1 aliphatic rings. The number of fused-ring (bicyclic) bond motifs is 1. The molecule has 1 unspecified atom stereocenters. The van der Waals surface area contributed by atoms with E-state index in [4.69, 9.17) is 4.84 Å². The Kier molecular flexibility index (Phi) is 7.29. The summed E-state index contributed by atoms with van der Waals surface area (Å²) < 4.78 is 0. The number of amides is 1. The van der Waals surface area contributed by atoms with E-state index in [1.54, 1.807) is 5.06 Å². The highest BCUT2D eigenvalue weighted by Gasteiger charge is 2.36. The van der Waals surface area contributed by atoms with Gasteiger partial charge in [0.15, 0.2) is 0 Å². The molecule has 0 saturated heterocycles. The third kappa shape index (κ3) is 5.91. The number of aryl methyl sites for hydroxylation is 3. The van der Waals surface area contributed by atoms with Crippen molar-refractivity contribution in [2.45, 2.75) is 65.5 Å². The maximum Gasteiger partial charge on any atom is 0.252 e. The summed E-state index contributed by atoms with van der Waals surface area (Å²) in [5, 5.41) is 1.68. The predicted octanol–water partition coefficient (Wildman–Crippen LogP) is 6.86. The Hall–Kier alpha value is -2.91. The quantitative estimate of drug-likeness (QED) is 0.375. The van der Waals surface area contributed by atoms with E-state index < -0.39 is 5.41 Å². The lowest BCUT2D eigenvalue weighted by Crippen LogP contribution is -2.42. The van der Waals surface area contributed by atoms with Crippen LogP contribution in [0.3, 0.4) is 0 Å². The molecule has 0 spiro atoms. The van der Waals surface area contributed by atoms with Crippen LogP contribution in [-0.2, 0) is 35.5 Å². The maximum absolute atomic E-state index is 13.4. The van der Waals surface area contributed by atoms with Gasteiger partial charge in [0, 0.05) is 5.41 Å². The van der Waals surface area contributed by atoms with E-state index in [0.29, 0.717) is 6.61 Å². The van der Waals surface area contributed by atoms with Gasteiger partial charge in [-0.25, -0.2) is 5.06 Å². The number of benzene rings is 3. The molecule has 0 bridgehead atoms. The van der Waals surface area contributed by atoms with Gasteiger partial charge in [-0.2, -0.15) is 0 Å². The van der Waals surface area contributed by atoms with Crippen LogP contribution in [0, 0.1) is 5.41 Å². The Labute approximate surface area is 198 Å². The molecule has 0 fully saturated rings. The lowest BCUT2D eigenvalue weighted by Gasteiger charge is -2.38. The monoisotopic (exact) mass is 441 g/mol. The number of hydrogen-bond donors (Lipinski definition) is 0. The first-order valence-electron chi connectivity index (χ1n) is 12.1. The SMILES string of the molecule is CC(C)(C)C(=O)N(OCc1ccccc1)C1CCCc2cc(CCc3ccccc3)ccc21. The standard InChI is InChI=1S/C30H35NO2/c1-30(2,3)29(32)31(33-22-25-13-8-5-9-14-25)28-16-10-15-26-21-24(19-20-27(26)28)18-17-23-11-6-4-7-12-23/h4-9,11-14,19-21,28H,10,15-18,22H2,1-3H3. The maximum atomic E-state index is 13.4. The second-order valence-electron chi connectivity index (χ2n) is 10.1. The molecule has 1 aliphatic carbocycles. The van der Waals surface area contributed by atoms with Gasteiger partial charge in [-0.05, 0) is 59.9 Å². The van der Waals surface area contributed by atoms with E-state index in [9.17, 15) is 4.79 Å². The van der Waals surface area contributed by atoms with Gasteiger partial charge in [0.05, 0.1) is 6.04 Å². The fourth-order valence-electron chi connectivity index (χ4n) is 4.51. The second kappa shape index (κ2) is 10.4. The fraction of sp³-hybridized carbons (Fsp3) is 0.367. The average Bonchev–Trinajstić information content (AvgIpc) is 2.83. The summed E-state index contributed by atoms with van der Waals surface area (Å²) in [6.45, 7) is 6.28. The molecule has 3 heteroatoms. The molecule has 33 heavy (non-hydrogen) atoms. The molecular formula is C30H35NO2. The molecule has 3 nitrogen and oxygen atoms in total. The molecule has 0 aromatic heterocycles. The highest BCUT2D eigenvalue weighted by molar-refractivity contribution is 5.81. The Balaban J connectivity index is 1.55. The highest BCUT2D eigenvalue weighted by atomic mass is 16.7. The molecule has 1 amide bonds. The molecule has 0 saturated carbocycles. The van der Waals surface area contributed by atoms with Gasteiger partial charge in [-0.3, -0.25) is 9.63 Å². The first-order valence-corrected chi connectivity index (χ1v) is 12.1. The van der Waals surface area contributed by atoms with Crippen molar-refractivity contribution in [2.75, 3.05) is 0 Å². The van der Waals surface area contributed by atoms with Crippen molar-refractivity contribution in [1.29, 1.82) is 0 Å². The van der Waals surface area contributed by atoms with Crippen LogP contribution in [0.1, 0.15) is 67.5 Å². The van der Waals surface area contributed by atoms with Crippen molar-refractivity contribution in [2.24, 2.45) is 5.41 Å². The van der Waals surface area contributed by atoms with E-state index in [0.717, 1.165) is 37.7 Å². The zero-order chi connectivity index (χ0) is 23.3. The Morgan fingerprint density at radius 3 is 2.18 bits per heavy atom. The normalized spacial score (nSPS) is 15.7. The van der Waals surface area contributed by atoms with Crippen molar-refractivity contribution < 1.29 is 9.63 Å². The zero-order valence-corrected chi connectivity index (χ0v) is 20.1. The number of rotatable bonds is 7. The zero-order valence-electron chi connectivity index (χ0n) is 20.1. The third-order valence-corrected chi connectivity index (χ3v) is 6.37. The molecule has 3 aromatic rings. The minimum absolute atomic E-state index is 0.0319. The molecule has 0 aliphatic heterocycles. The Bertz CT molecular complexity index is 1050. The smallest absolute Gasteiger partial charge is 0.252 e. The van der Waals surface area contributed by atoms with Gasteiger partial charge in [0.2, 0.25) is 0 Å². The molecule has 4 rings (SSSR count). The van der Waals surface area contributed by atoms with Crippen molar-refractivity contribution in [3.05, 3.63) is 107 Å². The lowest BCUT2D eigenvalue weighted by atomic mass is 9.84. The molecule has 3 aromatic carbocycles. The van der Waals surface area contributed by atoms with E-state index in [2.05, 4.69) is 48.5 Å². The molecule has 0 N–H and O–H groups in total. The first kappa shape index (κ1) is 23.3. The van der Waals surface area contributed by atoms with Crippen LogP contribution in [0.2, 0.25) is 0 Å². The summed E-state index contributed by atoms with van der Waals surface area (Å²) in [6.07, 6.45) is 5.10.